The van der Waals surface area contributed by atoms with Crippen molar-refractivity contribution in [1.29, 1.82) is 0 Å². The van der Waals surface area contributed by atoms with Crippen LogP contribution in [0.4, 0.5) is 4.79 Å². The number of hydrogen-bond acceptors (Lipinski definition) is 4. The van der Waals surface area contributed by atoms with E-state index in [0.717, 1.165) is 10.8 Å². The van der Waals surface area contributed by atoms with Gasteiger partial charge in [-0.3, -0.25) is 0 Å². The number of nitrogens with one attached hydrogen (secondary N) is 1. The van der Waals surface area contributed by atoms with Crippen LogP contribution in [0.2, 0.25) is 0 Å². The molecule has 2 aromatic rings. The van der Waals surface area contributed by atoms with Crippen molar-refractivity contribution in [3.05, 3.63) is 48.0 Å². The number of alkyl carbamates (subject to hydrolysis) is 1. The van der Waals surface area contributed by atoms with Gasteiger partial charge in [-0.15, -0.1) is 0 Å². The highest BCUT2D eigenvalue weighted by Crippen LogP contribution is 2.25. The van der Waals surface area contributed by atoms with Crippen molar-refractivity contribution in [3.63, 3.8) is 0 Å². The minimum absolute atomic E-state index is 0.549. The minimum atomic E-state index is -0.930. The lowest BCUT2D eigenvalue weighted by molar-refractivity contribution is -0.143. The van der Waals surface area contributed by atoms with Crippen molar-refractivity contribution in [2.24, 2.45) is 0 Å². The highest BCUT2D eigenvalue weighted by molar-refractivity contribution is 5.92. The van der Waals surface area contributed by atoms with Crippen molar-refractivity contribution in [1.82, 2.24) is 5.32 Å². The molecule has 5 heteroatoms. The van der Waals surface area contributed by atoms with Crippen molar-refractivity contribution < 1.29 is 19.1 Å². The Morgan fingerprint density at radius 2 is 1.70 bits per heavy atom. The fourth-order valence-electron chi connectivity index (χ4n) is 2.31. The lowest BCUT2D eigenvalue weighted by Gasteiger charge is -2.23. The largest absolute Gasteiger partial charge is 0.467 e. The van der Waals surface area contributed by atoms with Gasteiger partial charge in [0, 0.05) is 0 Å². The molecule has 0 spiro atoms. The minimum Gasteiger partial charge on any atom is -0.467 e. The van der Waals surface area contributed by atoms with Crippen LogP contribution >= 0.6 is 0 Å². The number of fused-ring (bicyclic) bond motifs is 1. The smallest absolute Gasteiger partial charge is 0.408 e. The molecule has 5 nitrogen and oxygen atoms in total. The number of esters is 1. The standard InChI is InChI=1S/C18H21NO4/c1-18(2,3)23-17(21)19-15(16(20)22-4)14-11-7-9-12-8-5-6-10-13(12)14/h5-11,15H,1-4H3,(H,19,21). The van der Waals surface area contributed by atoms with Gasteiger partial charge in [-0.25, -0.2) is 9.59 Å². The maximum atomic E-state index is 12.2. The molecule has 0 aliphatic rings. The Bertz CT molecular complexity index is 713. The van der Waals surface area contributed by atoms with Crippen LogP contribution in [-0.4, -0.2) is 24.8 Å². The van der Waals surface area contributed by atoms with Gasteiger partial charge in [-0.05, 0) is 37.1 Å². The van der Waals surface area contributed by atoms with Gasteiger partial charge in [0.15, 0.2) is 6.04 Å². The molecule has 0 aliphatic heterocycles. The van der Waals surface area contributed by atoms with Crippen LogP contribution in [0.5, 0.6) is 0 Å². The summed E-state index contributed by atoms with van der Waals surface area (Å²) in [6.45, 7) is 5.28. The van der Waals surface area contributed by atoms with Gasteiger partial charge in [0.05, 0.1) is 7.11 Å². The summed E-state index contributed by atoms with van der Waals surface area (Å²) in [5.41, 5.74) is 0.0181. The Morgan fingerprint density at radius 1 is 1.04 bits per heavy atom. The third-order valence-electron chi connectivity index (χ3n) is 3.23. The molecule has 0 aliphatic carbocycles. The molecule has 0 heterocycles. The Labute approximate surface area is 135 Å². The van der Waals surface area contributed by atoms with Gasteiger partial charge in [0.1, 0.15) is 5.60 Å². The second kappa shape index (κ2) is 6.69. The van der Waals surface area contributed by atoms with E-state index in [-0.39, 0.29) is 0 Å². The van der Waals surface area contributed by atoms with E-state index >= 15 is 0 Å². The predicted molar refractivity (Wildman–Crippen MR) is 88.1 cm³/mol. The summed E-state index contributed by atoms with van der Waals surface area (Å²) >= 11 is 0. The molecule has 1 atom stereocenters. The summed E-state index contributed by atoms with van der Waals surface area (Å²) in [6.07, 6.45) is -0.666. The molecule has 2 rings (SSSR count). The normalized spacial score (nSPS) is 12.5. The van der Waals surface area contributed by atoms with Crippen molar-refractivity contribution in [2.75, 3.05) is 7.11 Å². The molecule has 1 N–H and O–H groups in total. The highest BCUT2D eigenvalue weighted by Gasteiger charge is 2.27. The van der Waals surface area contributed by atoms with E-state index in [1.165, 1.54) is 7.11 Å². The Morgan fingerprint density at radius 3 is 2.35 bits per heavy atom. The molecule has 0 bridgehead atoms. The Hall–Kier alpha value is -2.56. The lowest BCUT2D eigenvalue weighted by Crippen LogP contribution is -2.38. The third kappa shape index (κ3) is 4.22. The van der Waals surface area contributed by atoms with Gasteiger partial charge in [0.2, 0.25) is 0 Å². The first-order valence-electron chi connectivity index (χ1n) is 7.37. The van der Waals surface area contributed by atoms with Gasteiger partial charge in [0.25, 0.3) is 0 Å². The summed E-state index contributed by atoms with van der Waals surface area (Å²) in [6, 6.07) is 12.3. The van der Waals surface area contributed by atoms with Crippen LogP contribution in [0.25, 0.3) is 10.8 Å². The van der Waals surface area contributed by atoms with Crippen LogP contribution in [-0.2, 0) is 14.3 Å². The average molecular weight is 315 g/mol. The quantitative estimate of drug-likeness (QED) is 0.879. The zero-order chi connectivity index (χ0) is 17.0. The topological polar surface area (TPSA) is 64.6 Å². The second-order valence-electron chi connectivity index (χ2n) is 6.17. The van der Waals surface area contributed by atoms with Gasteiger partial charge in [-0.2, -0.15) is 0 Å². The van der Waals surface area contributed by atoms with Crippen LogP contribution < -0.4 is 5.32 Å². The van der Waals surface area contributed by atoms with Gasteiger partial charge >= 0.3 is 12.1 Å². The number of rotatable bonds is 3. The zero-order valence-electron chi connectivity index (χ0n) is 13.8. The molecular formula is C18H21NO4. The first kappa shape index (κ1) is 16.8. The molecule has 0 aromatic heterocycles. The van der Waals surface area contributed by atoms with Crippen molar-refractivity contribution in [3.8, 4) is 0 Å². The maximum Gasteiger partial charge on any atom is 0.408 e. The number of ether oxygens (including phenoxy) is 2. The molecule has 1 amide bonds. The fraction of sp³-hybridized carbons (Fsp3) is 0.333. The van der Waals surface area contributed by atoms with E-state index in [0.29, 0.717) is 5.56 Å². The third-order valence-corrected chi connectivity index (χ3v) is 3.23. The molecule has 23 heavy (non-hydrogen) atoms. The van der Waals surface area contributed by atoms with E-state index in [2.05, 4.69) is 5.32 Å². The molecule has 122 valence electrons. The van der Waals surface area contributed by atoms with Crippen LogP contribution in [0.3, 0.4) is 0 Å². The first-order chi connectivity index (χ1) is 10.8. The Balaban J connectivity index is 2.38. The predicted octanol–water partition coefficient (Wildman–Crippen LogP) is 3.58. The van der Waals surface area contributed by atoms with E-state index in [9.17, 15) is 9.59 Å². The van der Waals surface area contributed by atoms with Gasteiger partial charge in [-0.1, -0.05) is 42.5 Å². The van der Waals surface area contributed by atoms with E-state index in [1.807, 2.05) is 36.4 Å². The summed E-state index contributed by atoms with van der Waals surface area (Å²) in [5, 5.41) is 4.45. The van der Waals surface area contributed by atoms with Crippen LogP contribution in [0, 0.1) is 0 Å². The molecular weight excluding hydrogens is 294 g/mol. The van der Waals surface area contributed by atoms with E-state index < -0.39 is 23.7 Å². The molecule has 1 unspecified atom stereocenters. The zero-order valence-corrected chi connectivity index (χ0v) is 13.8. The van der Waals surface area contributed by atoms with Crippen molar-refractivity contribution in [2.45, 2.75) is 32.4 Å². The number of methoxy groups -OCH3 is 1. The number of carbonyl (C=O) groups is 2. The van der Waals surface area contributed by atoms with Crippen LogP contribution in [0.1, 0.15) is 32.4 Å². The highest BCUT2D eigenvalue weighted by atomic mass is 16.6. The summed E-state index contributed by atoms with van der Waals surface area (Å²) in [4.78, 5) is 24.2. The first-order valence-corrected chi connectivity index (χ1v) is 7.37. The molecule has 0 saturated heterocycles. The monoisotopic (exact) mass is 315 g/mol. The summed E-state index contributed by atoms with van der Waals surface area (Å²) < 4.78 is 10.1. The summed E-state index contributed by atoms with van der Waals surface area (Å²) in [5.74, 6) is -0.549. The average Bonchev–Trinajstić information content (AvgIpc) is 2.50. The van der Waals surface area contributed by atoms with E-state index in [1.54, 1.807) is 26.8 Å². The maximum absolute atomic E-state index is 12.2. The summed E-state index contributed by atoms with van der Waals surface area (Å²) in [7, 11) is 1.29. The lowest BCUT2D eigenvalue weighted by atomic mass is 9.99. The number of hydrogen-bond donors (Lipinski definition) is 1. The fourth-order valence-corrected chi connectivity index (χ4v) is 2.31. The number of carbonyl (C=O) groups excluding carboxylic acids is 2. The van der Waals surface area contributed by atoms with Crippen molar-refractivity contribution >= 4 is 22.8 Å². The van der Waals surface area contributed by atoms with Crippen LogP contribution in [0.15, 0.2) is 42.5 Å². The van der Waals surface area contributed by atoms with Gasteiger partial charge < -0.3 is 14.8 Å². The molecule has 0 fully saturated rings. The van der Waals surface area contributed by atoms with E-state index in [4.69, 9.17) is 9.47 Å². The number of amides is 1. The molecule has 0 radical (unpaired) electrons. The second-order valence-corrected chi connectivity index (χ2v) is 6.17. The molecule has 2 aromatic carbocycles. The Kier molecular flexibility index (Phi) is 4.89. The molecule has 0 saturated carbocycles. The number of benzene rings is 2. The SMILES string of the molecule is COC(=O)C(NC(=O)OC(C)(C)C)c1cccc2ccccc12.